The van der Waals surface area contributed by atoms with Crippen molar-refractivity contribution < 1.29 is 14.7 Å². The normalized spacial score (nSPS) is 22.9. The van der Waals surface area contributed by atoms with Gasteiger partial charge in [-0.25, -0.2) is 0 Å². The predicted octanol–water partition coefficient (Wildman–Crippen LogP) is 1.47. The number of hydrogen-bond acceptors (Lipinski definition) is 3. The molecule has 2 rings (SSSR count). The topological polar surface area (TPSA) is 83.6 Å². The first-order valence-electron chi connectivity index (χ1n) is 6.82. The van der Waals surface area contributed by atoms with E-state index in [1.165, 1.54) is 0 Å². The number of aliphatic carboxylic acids is 1. The highest BCUT2D eigenvalue weighted by atomic mass is 16.4. The van der Waals surface area contributed by atoms with Crippen LogP contribution >= 0.6 is 0 Å². The molecular weight excluding hydrogens is 256 g/mol. The molecule has 0 aromatic heterocycles. The molecule has 5 heteroatoms. The van der Waals surface area contributed by atoms with Gasteiger partial charge in [-0.3, -0.25) is 14.5 Å². The van der Waals surface area contributed by atoms with Gasteiger partial charge in [-0.05, 0) is 31.0 Å². The van der Waals surface area contributed by atoms with E-state index in [9.17, 15) is 14.7 Å². The first kappa shape index (κ1) is 14.5. The number of carboxylic acid groups (broad SMARTS) is 1. The molecule has 1 aliphatic heterocycles. The Balaban J connectivity index is 2.13. The van der Waals surface area contributed by atoms with E-state index >= 15 is 0 Å². The molecular formula is C15H20N2O3. The van der Waals surface area contributed by atoms with E-state index in [1.807, 2.05) is 19.1 Å². The van der Waals surface area contributed by atoms with Crippen LogP contribution in [0, 0.1) is 5.41 Å². The largest absolute Gasteiger partial charge is 0.481 e. The number of benzene rings is 1. The number of rotatable bonds is 5. The first-order valence-corrected chi connectivity index (χ1v) is 6.82. The number of carbonyl (C=O) groups excluding carboxylic acids is 1. The maximum atomic E-state index is 11.4. The van der Waals surface area contributed by atoms with E-state index in [0.29, 0.717) is 31.5 Å². The summed E-state index contributed by atoms with van der Waals surface area (Å²) in [5.41, 5.74) is 6.08. The van der Waals surface area contributed by atoms with E-state index in [1.54, 1.807) is 12.1 Å². The molecule has 1 heterocycles. The second kappa shape index (κ2) is 5.63. The maximum absolute atomic E-state index is 11.4. The fourth-order valence-electron chi connectivity index (χ4n) is 2.85. The molecule has 0 spiro atoms. The van der Waals surface area contributed by atoms with Crippen molar-refractivity contribution in [1.29, 1.82) is 0 Å². The van der Waals surface area contributed by atoms with Gasteiger partial charge in [0, 0.05) is 18.7 Å². The van der Waals surface area contributed by atoms with Crippen LogP contribution in [0.15, 0.2) is 24.3 Å². The van der Waals surface area contributed by atoms with Gasteiger partial charge in [-0.15, -0.1) is 0 Å². The average molecular weight is 276 g/mol. The molecule has 5 nitrogen and oxygen atoms in total. The molecule has 1 aliphatic rings. The summed E-state index contributed by atoms with van der Waals surface area (Å²) in [5.74, 6) is -1.18. The fraction of sp³-hybridized carbons (Fsp3) is 0.467. The second-order valence-corrected chi connectivity index (χ2v) is 5.42. The molecule has 0 aliphatic carbocycles. The highest BCUT2D eigenvalue weighted by Crippen LogP contribution is 2.35. The Labute approximate surface area is 118 Å². The standard InChI is InChI=1S/C15H20N2O3/c1-2-15(14(19)20)7-8-17(10-15)9-11-5-3-4-6-12(11)13(16)18/h3-6H,2,7-10H2,1H3,(H2,16,18)(H,19,20). The van der Waals surface area contributed by atoms with Crippen LogP contribution < -0.4 is 5.73 Å². The highest BCUT2D eigenvalue weighted by molar-refractivity contribution is 5.94. The van der Waals surface area contributed by atoms with Gasteiger partial charge in [0.15, 0.2) is 0 Å². The molecule has 20 heavy (non-hydrogen) atoms. The minimum absolute atomic E-state index is 0.445. The van der Waals surface area contributed by atoms with Crippen LogP contribution in [-0.2, 0) is 11.3 Å². The first-order chi connectivity index (χ1) is 9.48. The predicted molar refractivity (Wildman–Crippen MR) is 75.2 cm³/mol. The van der Waals surface area contributed by atoms with Crippen LogP contribution in [0.1, 0.15) is 35.7 Å². The van der Waals surface area contributed by atoms with Gasteiger partial charge in [-0.2, -0.15) is 0 Å². The Hall–Kier alpha value is -1.88. The third kappa shape index (κ3) is 2.67. The van der Waals surface area contributed by atoms with Crippen molar-refractivity contribution in [3.05, 3.63) is 35.4 Å². The molecule has 0 radical (unpaired) electrons. The number of nitrogens with zero attached hydrogens (tertiary/aromatic N) is 1. The van der Waals surface area contributed by atoms with Gasteiger partial charge in [0.25, 0.3) is 0 Å². The van der Waals surface area contributed by atoms with Crippen LogP contribution in [0.2, 0.25) is 0 Å². The average Bonchev–Trinajstić information content (AvgIpc) is 2.84. The van der Waals surface area contributed by atoms with Gasteiger partial charge in [0.05, 0.1) is 5.41 Å². The quantitative estimate of drug-likeness (QED) is 0.853. The number of primary amides is 1. The zero-order valence-electron chi connectivity index (χ0n) is 11.6. The Morgan fingerprint density at radius 1 is 1.40 bits per heavy atom. The Morgan fingerprint density at radius 2 is 2.10 bits per heavy atom. The number of nitrogens with two attached hydrogens (primary N) is 1. The lowest BCUT2D eigenvalue weighted by molar-refractivity contribution is -0.148. The van der Waals surface area contributed by atoms with Gasteiger partial charge >= 0.3 is 5.97 Å². The minimum atomic E-state index is -0.731. The Kier molecular flexibility index (Phi) is 4.09. The maximum Gasteiger partial charge on any atom is 0.310 e. The van der Waals surface area contributed by atoms with Crippen molar-refractivity contribution in [1.82, 2.24) is 4.90 Å². The van der Waals surface area contributed by atoms with Crippen LogP contribution in [0.4, 0.5) is 0 Å². The van der Waals surface area contributed by atoms with Gasteiger partial charge < -0.3 is 10.8 Å². The SMILES string of the molecule is CCC1(C(=O)O)CCN(Cc2ccccc2C(N)=O)C1. The summed E-state index contributed by atoms with van der Waals surface area (Å²) in [4.78, 5) is 24.9. The molecule has 0 saturated carbocycles. The molecule has 1 unspecified atom stereocenters. The number of hydrogen-bond donors (Lipinski definition) is 2. The third-order valence-corrected chi connectivity index (χ3v) is 4.24. The van der Waals surface area contributed by atoms with Crippen molar-refractivity contribution in [2.24, 2.45) is 11.1 Å². The van der Waals surface area contributed by atoms with Crippen LogP contribution in [0.5, 0.6) is 0 Å². The van der Waals surface area contributed by atoms with Gasteiger partial charge in [0.2, 0.25) is 5.91 Å². The number of carboxylic acids is 1. The van der Waals surface area contributed by atoms with Gasteiger partial charge in [0.1, 0.15) is 0 Å². The van der Waals surface area contributed by atoms with E-state index in [-0.39, 0.29) is 0 Å². The lowest BCUT2D eigenvalue weighted by Gasteiger charge is -2.23. The molecule has 3 N–H and O–H groups in total. The summed E-state index contributed by atoms with van der Waals surface area (Å²) in [6.45, 7) is 3.72. The van der Waals surface area contributed by atoms with E-state index < -0.39 is 17.3 Å². The van der Waals surface area contributed by atoms with Crippen molar-refractivity contribution in [3.8, 4) is 0 Å². The smallest absolute Gasteiger partial charge is 0.310 e. The molecule has 1 fully saturated rings. The minimum Gasteiger partial charge on any atom is -0.481 e. The zero-order valence-corrected chi connectivity index (χ0v) is 11.6. The molecule has 1 atom stereocenters. The highest BCUT2D eigenvalue weighted by Gasteiger charge is 2.43. The second-order valence-electron chi connectivity index (χ2n) is 5.42. The van der Waals surface area contributed by atoms with Crippen molar-refractivity contribution in [3.63, 3.8) is 0 Å². The van der Waals surface area contributed by atoms with E-state index in [4.69, 9.17) is 5.73 Å². The fourth-order valence-corrected chi connectivity index (χ4v) is 2.85. The summed E-state index contributed by atoms with van der Waals surface area (Å²) in [6.07, 6.45) is 1.27. The lowest BCUT2D eigenvalue weighted by Crippen LogP contribution is -2.34. The zero-order chi connectivity index (χ0) is 14.8. The van der Waals surface area contributed by atoms with Crippen molar-refractivity contribution in [2.75, 3.05) is 13.1 Å². The number of carbonyl (C=O) groups is 2. The number of likely N-dealkylation sites (tertiary alicyclic amines) is 1. The summed E-state index contributed by atoms with van der Waals surface area (Å²) in [7, 11) is 0. The molecule has 1 amide bonds. The van der Waals surface area contributed by atoms with Crippen LogP contribution in [-0.4, -0.2) is 35.0 Å². The summed E-state index contributed by atoms with van der Waals surface area (Å²) >= 11 is 0. The van der Waals surface area contributed by atoms with Crippen LogP contribution in [0.3, 0.4) is 0 Å². The van der Waals surface area contributed by atoms with E-state index in [0.717, 1.165) is 12.1 Å². The lowest BCUT2D eigenvalue weighted by atomic mass is 9.84. The molecule has 1 aromatic rings. The molecule has 108 valence electrons. The van der Waals surface area contributed by atoms with Crippen molar-refractivity contribution >= 4 is 11.9 Å². The van der Waals surface area contributed by atoms with Crippen molar-refractivity contribution in [2.45, 2.75) is 26.3 Å². The summed E-state index contributed by atoms with van der Waals surface area (Å²) in [6, 6.07) is 7.22. The molecule has 0 bridgehead atoms. The molecule has 1 aromatic carbocycles. The monoisotopic (exact) mass is 276 g/mol. The van der Waals surface area contributed by atoms with E-state index in [2.05, 4.69) is 4.90 Å². The Bertz CT molecular complexity index is 530. The van der Waals surface area contributed by atoms with Gasteiger partial charge in [-0.1, -0.05) is 25.1 Å². The summed E-state index contributed by atoms with van der Waals surface area (Å²) < 4.78 is 0. The van der Waals surface area contributed by atoms with Crippen LogP contribution in [0.25, 0.3) is 0 Å². The Morgan fingerprint density at radius 3 is 2.65 bits per heavy atom. The third-order valence-electron chi connectivity index (χ3n) is 4.24. The summed E-state index contributed by atoms with van der Waals surface area (Å²) in [5, 5.41) is 9.39. The molecule has 1 saturated heterocycles. The number of amides is 1.